The van der Waals surface area contributed by atoms with Gasteiger partial charge in [-0.3, -0.25) is 4.68 Å². The maximum Gasteiger partial charge on any atom is 0.573 e. The highest BCUT2D eigenvalue weighted by molar-refractivity contribution is 5.76. The van der Waals surface area contributed by atoms with Crippen LogP contribution in [0.15, 0.2) is 48.5 Å². The molecule has 0 fully saturated rings. The van der Waals surface area contributed by atoms with E-state index in [1.165, 1.54) is 38.1 Å². The maximum atomic E-state index is 12.3. The van der Waals surface area contributed by atoms with Gasteiger partial charge in [-0.05, 0) is 74.9 Å². The van der Waals surface area contributed by atoms with E-state index in [-0.39, 0.29) is 12.4 Å². The van der Waals surface area contributed by atoms with Crippen molar-refractivity contribution in [3.63, 3.8) is 0 Å². The molecule has 3 aromatic rings. The molecule has 0 saturated heterocycles. The summed E-state index contributed by atoms with van der Waals surface area (Å²) in [5.74, 6) is -0.378. The molecule has 0 unspecified atom stereocenters. The van der Waals surface area contributed by atoms with Gasteiger partial charge in [0.05, 0.1) is 11.4 Å². The summed E-state index contributed by atoms with van der Waals surface area (Å²) in [5, 5.41) is 13.6. The number of carbonyl (C=O) groups is 1. The summed E-state index contributed by atoms with van der Waals surface area (Å²) in [6, 6.07) is 12.3. The average molecular weight is 464 g/mol. The Balaban J connectivity index is 1.67. The second-order valence-electron chi connectivity index (χ2n) is 7.85. The number of carboxylic acids is 1. The SMILES string of the molecule is Cc1cc(OCc2cc(-c3ccc(OC(F)(F)F)cc3)nn2C)ccc1OC(C)(C)C(=O)O. The van der Waals surface area contributed by atoms with E-state index in [0.29, 0.717) is 28.3 Å². The first-order valence-electron chi connectivity index (χ1n) is 9.89. The quantitative estimate of drug-likeness (QED) is 0.499. The molecule has 2 aromatic carbocycles. The van der Waals surface area contributed by atoms with Crippen molar-refractivity contribution in [2.75, 3.05) is 0 Å². The molecule has 0 saturated carbocycles. The zero-order chi connectivity index (χ0) is 24.4. The molecule has 0 bridgehead atoms. The van der Waals surface area contributed by atoms with Crippen molar-refractivity contribution in [2.24, 2.45) is 7.05 Å². The van der Waals surface area contributed by atoms with Crippen LogP contribution in [0.25, 0.3) is 11.3 Å². The molecule has 0 atom stereocenters. The predicted octanol–water partition coefficient (Wildman–Crippen LogP) is 5.12. The number of alkyl halides is 3. The standard InChI is InChI=1S/C23H23F3N2O5/c1-14-11-18(9-10-20(14)33-22(2,3)21(29)30)31-13-16-12-19(27-28(16)4)15-5-7-17(8-6-15)32-23(24,25)26/h5-12H,13H2,1-4H3,(H,29,30). The number of aliphatic carboxylic acids is 1. The summed E-state index contributed by atoms with van der Waals surface area (Å²) in [5.41, 5.74) is 1.30. The second-order valence-corrected chi connectivity index (χ2v) is 7.85. The van der Waals surface area contributed by atoms with Gasteiger partial charge in [0.25, 0.3) is 0 Å². The van der Waals surface area contributed by atoms with Crippen LogP contribution >= 0.6 is 0 Å². The van der Waals surface area contributed by atoms with Crippen molar-refractivity contribution < 1.29 is 37.3 Å². The Labute approximate surface area is 188 Å². The lowest BCUT2D eigenvalue weighted by Gasteiger charge is -2.23. The first kappa shape index (κ1) is 24.0. The minimum absolute atomic E-state index is 0.193. The third-order valence-electron chi connectivity index (χ3n) is 4.77. The number of ether oxygens (including phenoxy) is 3. The number of rotatable bonds is 8. The van der Waals surface area contributed by atoms with E-state index in [9.17, 15) is 23.1 Å². The van der Waals surface area contributed by atoms with Crippen LogP contribution in [-0.4, -0.2) is 32.8 Å². The Hall–Kier alpha value is -3.69. The zero-order valence-electron chi connectivity index (χ0n) is 18.4. The number of aryl methyl sites for hydroxylation is 2. The Morgan fingerprint density at radius 2 is 1.67 bits per heavy atom. The lowest BCUT2D eigenvalue weighted by molar-refractivity contribution is -0.274. The largest absolute Gasteiger partial charge is 0.573 e. The molecule has 10 heteroatoms. The van der Waals surface area contributed by atoms with E-state index in [1.807, 2.05) is 0 Å². The van der Waals surface area contributed by atoms with Gasteiger partial charge in [0, 0.05) is 12.6 Å². The fourth-order valence-electron chi connectivity index (χ4n) is 2.91. The molecule has 1 N–H and O–H groups in total. The predicted molar refractivity (Wildman–Crippen MR) is 113 cm³/mol. The molecule has 1 aromatic heterocycles. The van der Waals surface area contributed by atoms with Gasteiger partial charge in [-0.1, -0.05) is 0 Å². The third kappa shape index (κ3) is 6.18. The molecule has 0 amide bonds. The van der Waals surface area contributed by atoms with Crippen molar-refractivity contribution in [3.8, 4) is 28.5 Å². The average Bonchev–Trinajstić information content (AvgIpc) is 3.08. The van der Waals surface area contributed by atoms with Crippen LogP contribution in [-0.2, 0) is 18.4 Å². The van der Waals surface area contributed by atoms with Gasteiger partial charge in [0.2, 0.25) is 0 Å². The number of carboxylic acid groups (broad SMARTS) is 1. The van der Waals surface area contributed by atoms with Crippen molar-refractivity contribution >= 4 is 5.97 Å². The number of halogens is 3. The molecule has 0 aliphatic rings. The van der Waals surface area contributed by atoms with Gasteiger partial charge in [-0.25, -0.2) is 4.79 Å². The Bertz CT molecular complexity index is 1140. The first-order valence-corrected chi connectivity index (χ1v) is 9.89. The molecule has 0 aliphatic carbocycles. The molecule has 0 aliphatic heterocycles. The Kier molecular flexibility index (Phi) is 6.57. The highest BCUT2D eigenvalue weighted by atomic mass is 19.4. The van der Waals surface area contributed by atoms with E-state index in [0.717, 1.165) is 5.69 Å². The fraction of sp³-hybridized carbons (Fsp3) is 0.304. The molecule has 1 heterocycles. The van der Waals surface area contributed by atoms with Crippen LogP contribution in [0, 0.1) is 6.92 Å². The summed E-state index contributed by atoms with van der Waals surface area (Å²) in [6.07, 6.45) is -4.74. The molecule has 176 valence electrons. The molecular weight excluding hydrogens is 441 g/mol. The maximum absolute atomic E-state index is 12.3. The van der Waals surface area contributed by atoms with Gasteiger partial charge in [0.1, 0.15) is 23.9 Å². The minimum atomic E-state index is -4.74. The number of hydrogen-bond donors (Lipinski definition) is 1. The number of hydrogen-bond acceptors (Lipinski definition) is 5. The van der Waals surface area contributed by atoms with Crippen molar-refractivity contribution in [1.29, 1.82) is 0 Å². The van der Waals surface area contributed by atoms with Gasteiger partial charge < -0.3 is 19.3 Å². The van der Waals surface area contributed by atoms with E-state index in [2.05, 4.69) is 9.84 Å². The Morgan fingerprint density at radius 3 is 2.24 bits per heavy atom. The van der Waals surface area contributed by atoms with Crippen LogP contribution in [0.4, 0.5) is 13.2 Å². The van der Waals surface area contributed by atoms with Crippen molar-refractivity contribution in [2.45, 2.75) is 39.3 Å². The zero-order valence-corrected chi connectivity index (χ0v) is 18.4. The summed E-state index contributed by atoms with van der Waals surface area (Å²) in [6.45, 7) is 4.92. The first-order chi connectivity index (χ1) is 15.3. The van der Waals surface area contributed by atoms with E-state index in [4.69, 9.17) is 9.47 Å². The minimum Gasteiger partial charge on any atom is -0.487 e. The van der Waals surface area contributed by atoms with E-state index < -0.39 is 17.9 Å². The lowest BCUT2D eigenvalue weighted by atomic mass is 10.1. The second kappa shape index (κ2) is 9.05. The summed E-state index contributed by atoms with van der Waals surface area (Å²) in [4.78, 5) is 11.3. The van der Waals surface area contributed by atoms with Gasteiger partial charge in [0.15, 0.2) is 5.60 Å². The molecule has 7 nitrogen and oxygen atoms in total. The van der Waals surface area contributed by atoms with Gasteiger partial charge in [-0.2, -0.15) is 5.10 Å². The number of benzene rings is 2. The highest BCUT2D eigenvalue weighted by Crippen LogP contribution is 2.29. The molecule has 33 heavy (non-hydrogen) atoms. The summed E-state index contributed by atoms with van der Waals surface area (Å²) in [7, 11) is 1.74. The van der Waals surface area contributed by atoms with Gasteiger partial charge >= 0.3 is 12.3 Å². The molecule has 3 rings (SSSR count). The smallest absolute Gasteiger partial charge is 0.487 e. The van der Waals surface area contributed by atoms with Crippen molar-refractivity contribution in [3.05, 3.63) is 59.8 Å². The number of aromatic nitrogens is 2. The Morgan fingerprint density at radius 1 is 1.03 bits per heavy atom. The summed E-state index contributed by atoms with van der Waals surface area (Å²) >= 11 is 0. The monoisotopic (exact) mass is 464 g/mol. The topological polar surface area (TPSA) is 82.8 Å². The van der Waals surface area contributed by atoms with E-state index >= 15 is 0 Å². The van der Waals surface area contributed by atoms with E-state index in [1.54, 1.807) is 42.9 Å². The lowest BCUT2D eigenvalue weighted by Crippen LogP contribution is -2.38. The highest BCUT2D eigenvalue weighted by Gasteiger charge is 2.31. The van der Waals surface area contributed by atoms with Crippen LogP contribution in [0.5, 0.6) is 17.2 Å². The summed E-state index contributed by atoms with van der Waals surface area (Å²) < 4.78 is 53.9. The molecular formula is C23H23F3N2O5. The molecule has 0 spiro atoms. The molecule has 0 radical (unpaired) electrons. The number of nitrogens with zero attached hydrogens (tertiary/aromatic N) is 2. The third-order valence-corrected chi connectivity index (χ3v) is 4.77. The van der Waals surface area contributed by atoms with Crippen molar-refractivity contribution in [1.82, 2.24) is 9.78 Å². The normalized spacial score (nSPS) is 11.8. The van der Waals surface area contributed by atoms with Crippen LogP contribution in [0.1, 0.15) is 25.1 Å². The fourth-order valence-corrected chi connectivity index (χ4v) is 2.91. The van der Waals surface area contributed by atoms with Gasteiger partial charge in [-0.15, -0.1) is 13.2 Å². The van der Waals surface area contributed by atoms with Crippen LogP contribution in [0.3, 0.4) is 0 Å². The van der Waals surface area contributed by atoms with Crippen LogP contribution in [0.2, 0.25) is 0 Å². The van der Waals surface area contributed by atoms with Crippen LogP contribution < -0.4 is 14.2 Å².